The van der Waals surface area contributed by atoms with Gasteiger partial charge in [-0.25, -0.2) is 0 Å². The number of aromatic nitrogens is 1. The molecule has 0 atom stereocenters. The van der Waals surface area contributed by atoms with Gasteiger partial charge in [0.25, 0.3) is 0 Å². The summed E-state index contributed by atoms with van der Waals surface area (Å²) in [4.78, 5) is 4.93. The van der Waals surface area contributed by atoms with E-state index in [1.807, 2.05) is 18.2 Å². The van der Waals surface area contributed by atoms with Gasteiger partial charge in [0.2, 0.25) is 0 Å². The Morgan fingerprint density at radius 1 is 1.04 bits per heavy atom. The third-order valence-electron chi connectivity index (χ3n) is 4.89. The average molecular weight is 349 g/mol. The number of nitrogens with zero attached hydrogens (tertiary/aromatic N) is 2. The fraction of sp³-hybridized carbons (Fsp3) is 0.190. The minimum atomic E-state index is 0.625. The number of aliphatic imine (C=N–C) groups is 1. The second-order valence-corrected chi connectivity index (χ2v) is 6.86. The molecule has 3 aromatic rings. The first kappa shape index (κ1) is 14.8. The van der Waals surface area contributed by atoms with E-state index in [0.29, 0.717) is 6.54 Å². The summed E-state index contributed by atoms with van der Waals surface area (Å²) in [7, 11) is 0. The fourth-order valence-electron chi connectivity index (χ4n) is 3.72. The van der Waals surface area contributed by atoms with Crippen LogP contribution in [0.5, 0.6) is 5.75 Å². The van der Waals surface area contributed by atoms with E-state index in [0.717, 1.165) is 58.4 Å². The number of aryl methyl sites for hydroxylation is 1. The van der Waals surface area contributed by atoms with Crippen LogP contribution in [0, 0.1) is 0 Å². The highest BCUT2D eigenvalue weighted by Crippen LogP contribution is 2.32. The van der Waals surface area contributed by atoms with Crippen LogP contribution in [0.4, 0.5) is 0 Å². The first-order valence-electron chi connectivity index (χ1n) is 8.57. The van der Waals surface area contributed by atoms with Crippen LogP contribution in [0.3, 0.4) is 0 Å². The molecule has 0 N–H and O–H groups in total. The van der Waals surface area contributed by atoms with Crippen LogP contribution in [0.1, 0.15) is 28.8 Å². The summed E-state index contributed by atoms with van der Waals surface area (Å²) in [6, 6.07) is 16.6. The molecule has 3 heterocycles. The Kier molecular flexibility index (Phi) is 3.42. The molecular formula is C21H17ClN2O. The molecule has 0 saturated carbocycles. The van der Waals surface area contributed by atoms with Crippen molar-refractivity contribution in [2.24, 2.45) is 4.99 Å². The molecule has 2 aliphatic rings. The molecule has 0 unspecified atom stereocenters. The van der Waals surface area contributed by atoms with Crippen LogP contribution in [0.15, 0.2) is 59.7 Å². The SMILES string of the molecule is Clc1cccc2c1-n1cccc1C(c1ccc3c(c1)CCCO3)=NC2. The Balaban J connectivity index is 1.68. The Labute approximate surface area is 151 Å². The van der Waals surface area contributed by atoms with Crippen LogP contribution < -0.4 is 4.74 Å². The lowest BCUT2D eigenvalue weighted by molar-refractivity contribution is 0.288. The monoisotopic (exact) mass is 348 g/mol. The van der Waals surface area contributed by atoms with Gasteiger partial charge in [-0.05, 0) is 60.4 Å². The van der Waals surface area contributed by atoms with E-state index < -0.39 is 0 Å². The van der Waals surface area contributed by atoms with Gasteiger partial charge in [-0.15, -0.1) is 0 Å². The zero-order valence-corrected chi connectivity index (χ0v) is 14.5. The van der Waals surface area contributed by atoms with Gasteiger partial charge >= 0.3 is 0 Å². The summed E-state index contributed by atoms with van der Waals surface area (Å²) in [6.07, 6.45) is 4.19. The average Bonchev–Trinajstić information content (AvgIpc) is 3.05. The van der Waals surface area contributed by atoms with Crippen molar-refractivity contribution >= 4 is 17.3 Å². The smallest absolute Gasteiger partial charge is 0.122 e. The Morgan fingerprint density at radius 3 is 2.96 bits per heavy atom. The number of rotatable bonds is 1. The third-order valence-corrected chi connectivity index (χ3v) is 5.20. The number of para-hydroxylation sites is 1. The summed E-state index contributed by atoms with van der Waals surface area (Å²) >= 11 is 6.50. The number of benzene rings is 2. The summed E-state index contributed by atoms with van der Waals surface area (Å²) in [5.74, 6) is 1.01. The number of ether oxygens (including phenoxy) is 1. The van der Waals surface area contributed by atoms with Crippen molar-refractivity contribution in [2.45, 2.75) is 19.4 Å². The van der Waals surface area contributed by atoms with Crippen LogP contribution in [-0.4, -0.2) is 16.9 Å². The molecule has 2 aromatic carbocycles. The largest absolute Gasteiger partial charge is 0.493 e. The van der Waals surface area contributed by atoms with Gasteiger partial charge in [-0.3, -0.25) is 4.99 Å². The molecule has 0 spiro atoms. The molecule has 5 rings (SSSR count). The van der Waals surface area contributed by atoms with Crippen LogP contribution in [-0.2, 0) is 13.0 Å². The van der Waals surface area contributed by atoms with Crippen LogP contribution in [0.25, 0.3) is 5.69 Å². The molecule has 0 fully saturated rings. The number of halogens is 1. The molecule has 4 heteroatoms. The maximum Gasteiger partial charge on any atom is 0.122 e. The summed E-state index contributed by atoms with van der Waals surface area (Å²) < 4.78 is 7.90. The van der Waals surface area contributed by atoms with E-state index in [1.54, 1.807) is 0 Å². The zero-order chi connectivity index (χ0) is 16.8. The molecule has 0 aliphatic carbocycles. The third kappa shape index (κ3) is 2.38. The molecule has 2 aliphatic heterocycles. The number of hydrogen-bond acceptors (Lipinski definition) is 2. The minimum absolute atomic E-state index is 0.625. The van der Waals surface area contributed by atoms with Crippen LogP contribution in [0.2, 0.25) is 5.02 Å². The minimum Gasteiger partial charge on any atom is -0.493 e. The van der Waals surface area contributed by atoms with Crippen molar-refractivity contribution in [3.63, 3.8) is 0 Å². The first-order valence-corrected chi connectivity index (χ1v) is 8.95. The highest BCUT2D eigenvalue weighted by atomic mass is 35.5. The van der Waals surface area contributed by atoms with E-state index in [4.69, 9.17) is 21.3 Å². The lowest BCUT2D eigenvalue weighted by atomic mass is 9.99. The lowest BCUT2D eigenvalue weighted by Gasteiger charge is -2.18. The van der Waals surface area contributed by atoms with E-state index in [9.17, 15) is 0 Å². The molecule has 124 valence electrons. The molecule has 0 radical (unpaired) electrons. The van der Waals surface area contributed by atoms with Crippen molar-refractivity contribution in [3.8, 4) is 11.4 Å². The van der Waals surface area contributed by atoms with Crippen molar-refractivity contribution in [2.75, 3.05) is 6.61 Å². The second-order valence-electron chi connectivity index (χ2n) is 6.45. The van der Waals surface area contributed by atoms with E-state index >= 15 is 0 Å². The summed E-state index contributed by atoms with van der Waals surface area (Å²) in [5, 5.41) is 0.755. The predicted molar refractivity (Wildman–Crippen MR) is 100 cm³/mol. The van der Waals surface area contributed by atoms with Crippen molar-refractivity contribution in [1.82, 2.24) is 4.57 Å². The van der Waals surface area contributed by atoms with Gasteiger partial charge in [-0.2, -0.15) is 0 Å². The zero-order valence-electron chi connectivity index (χ0n) is 13.7. The van der Waals surface area contributed by atoms with Gasteiger partial charge in [0.15, 0.2) is 0 Å². The summed E-state index contributed by atoms with van der Waals surface area (Å²) in [5.41, 5.74) is 6.65. The highest BCUT2D eigenvalue weighted by molar-refractivity contribution is 6.32. The molecular weight excluding hydrogens is 332 g/mol. The molecule has 0 amide bonds. The highest BCUT2D eigenvalue weighted by Gasteiger charge is 2.21. The van der Waals surface area contributed by atoms with Gasteiger partial charge in [0.05, 0.1) is 35.3 Å². The van der Waals surface area contributed by atoms with E-state index in [1.165, 1.54) is 5.56 Å². The number of hydrogen-bond donors (Lipinski definition) is 0. The van der Waals surface area contributed by atoms with Gasteiger partial charge in [0.1, 0.15) is 5.75 Å². The molecule has 3 nitrogen and oxygen atoms in total. The Morgan fingerprint density at radius 2 is 2.00 bits per heavy atom. The summed E-state index contributed by atoms with van der Waals surface area (Å²) in [6.45, 7) is 1.43. The standard InChI is InChI=1S/C21H17ClN2O/c22-17-6-1-4-16-13-23-20(18-7-2-10-24(18)21(16)17)15-8-9-19-14(12-15)5-3-11-25-19/h1-2,4,6-10,12H,3,5,11,13H2. The van der Waals surface area contributed by atoms with Crippen molar-refractivity contribution in [3.05, 3.63) is 82.1 Å². The fourth-order valence-corrected chi connectivity index (χ4v) is 4.00. The van der Waals surface area contributed by atoms with Crippen LogP contribution >= 0.6 is 11.6 Å². The first-order chi connectivity index (χ1) is 12.3. The molecule has 0 bridgehead atoms. The van der Waals surface area contributed by atoms with E-state index in [2.05, 4.69) is 41.1 Å². The molecule has 0 saturated heterocycles. The quantitative estimate of drug-likeness (QED) is 0.620. The molecule has 1 aromatic heterocycles. The lowest BCUT2D eigenvalue weighted by Crippen LogP contribution is -2.12. The van der Waals surface area contributed by atoms with Gasteiger partial charge in [-0.1, -0.05) is 23.7 Å². The predicted octanol–water partition coefficient (Wildman–Crippen LogP) is 4.81. The Bertz CT molecular complexity index is 1000. The van der Waals surface area contributed by atoms with Gasteiger partial charge < -0.3 is 9.30 Å². The molecule has 25 heavy (non-hydrogen) atoms. The van der Waals surface area contributed by atoms with Gasteiger partial charge in [0, 0.05) is 11.8 Å². The topological polar surface area (TPSA) is 26.5 Å². The van der Waals surface area contributed by atoms with Crippen molar-refractivity contribution in [1.29, 1.82) is 0 Å². The maximum absolute atomic E-state index is 6.50. The normalized spacial score (nSPS) is 15.3. The van der Waals surface area contributed by atoms with Crippen molar-refractivity contribution < 1.29 is 4.74 Å². The van der Waals surface area contributed by atoms with E-state index in [-0.39, 0.29) is 0 Å². The second kappa shape index (κ2) is 5.78. The Hall–Kier alpha value is -2.52. The maximum atomic E-state index is 6.50. The number of fused-ring (bicyclic) bond motifs is 4.